The van der Waals surface area contributed by atoms with Gasteiger partial charge in [0.05, 0.1) is 0 Å². The van der Waals surface area contributed by atoms with E-state index >= 15 is 0 Å². The summed E-state index contributed by atoms with van der Waals surface area (Å²) in [6, 6.07) is 0. The van der Waals surface area contributed by atoms with E-state index in [4.69, 9.17) is 0 Å². The van der Waals surface area contributed by atoms with Crippen LogP contribution < -0.4 is 0 Å². The summed E-state index contributed by atoms with van der Waals surface area (Å²) < 4.78 is 13.2. The summed E-state index contributed by atoms with van der Waals surface area (Å²) in [6.45, 7) is 10.2. The fraction of sp³-hybridized carbons (Fsp3) is 1.00. The lowest BCUT2D eigenvalue weighted by atomic mass is 9.72. The first-order chi connectivity index (χ1) is 5.41. The largest absolute Gasteiger partial charge is 0.244 e. The molecule has 0 aromatic heterocycles. The monoisotopic (exact) mass is 174 g/mol. The molecule has 0 radical (unpaired) electrons. The highest BCUT2D eigenvalue weighted by Gasteiger charge is 2.34. The predicted molar refractivity (Wildman–Crippen MR) is 53.1 cm³/mol. The Morgan fingerprint density at radius 1 is 0.833 bits per heavy atom. The van der Waals surface area contributed by atoms with Crippen LogP contribution in [0.1, 0.15) is 60.3 Å². The average Bonchev–Trinajstić information content (AvgIpc) is 2.01. The van der Waals surface area contributed by atoms with Crippen molar-refractivity contribution >= 4 is 0 Å². The van der Waals surface area contributed by atoms with Gasteiger partial charge < -0.3 is 0 Å². The third-order valence-corrected chi connectivity index (χ3v) is 2.65. The van der Waals surface area contributed by atoms with Crippen molar-refractivity contribution in [1.29, 1.82) is 0 Å². The standard InChI is InChI=1S/C9H17F.C2H6/c1-8(2)4-6-9(3,10)7-5-8;1-2/h4-7H2,1-3H3;1-2H3. The summed E-state index contributed by atoms with van der Waals surface area (Å²) in [6.07, 6.45) is 3.58. The molecular formula is C11H23F. The molecule has 1 aliphatic carbocycles. The van der Waals surface area contributed by atoms with Gasteiger partial charge in [0.1, 0.15) is 5.67 Å². The van der Waals surface area contributed by atoms with Gasteiger partial charge in [-0.1, -0.05) is 27.7 Å². The molecule has 1 heteroatoms. The Morgan fingerprint density at radius 2 is 1.17 bits per heavy atom. The van der Waals surface area contributed by atoms with Gasteiger partial charge in [-0.3, -0.25) is 0 Å². The minimum atomic E-state index is -0.866. The Morgan fingerprint density at radius 3 is 1.42 bits per heavy atom. The van der Waals surface area contributed by atoms with Gasteiger partial charge in [-0.05, 0) is 38.0 Å². The third kappa shape index (κ3) is 4.08. The topological polar surface area (TPSA) is 0 Å². The molecule has 74 valence electrons. The molecule has 0 aliphatic heterocycles. The van der Waals surface area contributed by atoms with Crippen molar-refractivity contribution in [3.05, 3.63) is 0 Å². The van der Waals surface area contributed by atoms with E-state index in [1.165, 1.54) is 0 Å². The maximum atomic E-state index is 13.2. The highest BCUT2D eigenvalue weighted by Crippen LogP contribution is 2.41. The molecule has 12 heavy (non-hydrogen) atoms. The lowest BCUT2D eigenvalue weighted by molar-refractivity contribution is 0.0708. The third-order valence-electron chi connectivity index (χ3n) is 2.65. The molecule has 1 rings (SSSR count). The SMILES string of the molecule is CC.CC1(C)CCC(C)(F)CC1. The highest BCUT2D eigenvalue weighted by atomic mass is 19.1. The molecule has 0 heterocycles. The summed E-state index contributed by atoms with van der Waals surface area (Å²) in [5.74, 6) is 0. The molecule has 1 aliphatic rings. The summed E-state index contributed by atoms with van der Waals surface area (Å²) in [5.41, 5.74) is -0.471. The van der Waals surface area contributed by atoms with Crippen LogP contribution in [0.4, 0.5) is 4.39 Å². The Balaban J connectivity index is 0.000000561. The van der Waals surface area contributed by atoms with Gasteiger partial charge in [0.15, 0.2) is 0 Å². The first kappa shape index (κ1) is 11.9. The van der Waals surface area contributed by atoms with Crippen molar-refractivity contribution in [2.45, 2.75) is 66.0 Å². The van der Waals surface area contributed by atoms with E-state index in [-0.39, 0.29) is 0 Å². The van der Waals surface area contributed by atoms with Crippen LogP contribution in [0.5, 0.6) is 0 Å². The number of hydrogen-bond acceptors (Lipinski definition) is 0. The van der Waals surface area contributed by atoms with Crippen molar-refractivity contribution in [3.8, 4) is 0 Å². The van der Waals surface area contributed by atoms with Crippen molar-refractivity contribution in [2.24, 2.45) is 5.41 Å². The first-order valence-corrected chi connectivity index (χ1v) is 5.10. The van der Waals surface area contributed by atoms with Gasteiger partial charge in [-0.25, -0.2) is 4.39 Å². The predicted octanol–water partition coefficient (Wildman–Crippen LogP) is 4.34. The van der Waals surface area contributed by atoms with Crippen LogP contribution in [0.2, 0.25) is 0 Å². The summed E-state index contributed by atoms with van der Waals surface area (Å²) >= 11 is 0. The Hall–Kier alpha value is -0.0700. The Bertz CT molecular complexity index is 97.0. The summed E-state index contributed by atoms with van der Waals surface area (Å²) in [5, 5.41) is 0. The van der Waals surface area contributed by atoms with Crippen LogP contribution in [-0.2, 0) is 0 Å². The van der Waals surface area contributed by atoms with E-state index in [1.54, 1.807) is 6.92 Å². The maximum absolute atomic E-state index is 13.2. The van der Waals surface area contributed by atoms with Crippen molar-refractivity contribution in [3.63, 3.8) is 0 Å². The number of hydrogen-bond donors (Lipinski definition) is 0. The second-order valence-electron chi connectivity index (χ2n) is 4.58. The van der Waals surface area contributed by atoms with Crippen LogP contribution in [0.3, 0.4) is 0 Å². The quantitative estimate of drug-likeness (QED) is 0.512. The van der Waals surface area contributed by atoms with Gasteiger partial charge in [0.2, 0.25) is 0 Å². The van der Waals surface area contributed by atoms with Gasteiger partial charge >= 0.3 is 0 Å². The molecule has 0 atom stereocenters. The second kappa shape index (κ2) is 4.25. The first-order valence-electron chi connectivity index (χ1n) is 5.10. The van der Waals surface area contributed by atoms with E-state index in [9.17, 15) is 4.39 Å². The molecule has 0 spiro atoms. The van der Waals surface area contributed by atoms with Crippen molar-refractivity contribution < 1.29 is 4.39 Å². The van der Waals surface area contributed by atoms with Crippen molar-refractivity contribution in [1.82, 2.24) is 0 Å². The Kier molecular flexibility index (Phi) is 4.22. The molecule has 0 aromatic rings. The number of alkyl halides is 1. The lowest BCUT2D eigenvalue weighted by Gasteiger charge is -2.36. The van der Waals surface area contributed by atoms with E-state index in [0.29, 0.717) is 5.41 Å². The highest BCUT2D eigenvalue weighted by molar-refractivity contribution is 4.85. The van der Waals surface area contributed by atoms with Crippen molar-refractivity contribution in [2.75, 3.05) is 0 Å². The molecule has 1 saturated carbocycles. The molecule has 1 fully saturated rings. The number of halogens is 1. The van der Waals surface area contributed by atoms with E-state index in [1.807, 2.05) is 13.8 Å². The molecule has 0 amide bonds. The van der Waals surface area contributed by atoms with Crippen LogP contribution in [0, 0.1) is 5.41 Å². The fourth-order valence-electron chi connectivity index (χ4n) is 1.45. The summed E-state index contributed by atoms with van der Waals surface area (Å²) in [4.78, 5) is 0. The van der Waals surface area contributed by atoms with E-state index in [0.717, 1.165) is 25.7 Å². The van der Waals surface area contributed by atoms with E-state index < -0.39 is 5.67 Å². The lowest BCUT2D eigenvalue weighted by Crippen LogP contribution is -2.30. The van der Waals surface area contributed by atoms with Crippen LogP contribution in [0.15, 0.2) is 0 Å². The van der Waals surface area contributed by atoms with Gasteiger partial charge in [-0.15, -0.1) is 0 Å². The zero-order chi connectivity index (χ0) is 9.83. The molecule has 0 saturated heterocycles. The number of rotatable bonds is 0. The normalized spacial score (nSPS) is 25.5. The molecule has 0 bridgehead atoms. The Labute approximate surface area is 76.6 Å². The van der Waals surface area contributed by atoms with Gasteiger partial charge in [-0.2, -0.15) is 0 Å². The minimum Gasteiger partial charge on any atom is -0.244 e. The average molecular weight is 174 g/mol. The summed E-state index contributed by atoms with van der Waals surface area (Å²) in [7, 11) is 0. The molecule has 0 N–H and O–H groups in total. The maximum Gasteiger partial charge on any atom is 0.108 e. The van der Waals surface area contributed by atoms with Gasteiger partial charge in [0, 0.05) is 0 Å². The van der Waals surface area contributed by atoms with Gasteiger partial charge in [0.25, 0.3) is 0 Å². The zero-order valence-electron chi connectivity index (χ0n) is 9.21. The van der Waals surface area contributed by atoms with Crippen LogP contribution in [-0.4, -0.2) is 5.67 Å². The molecule has 0 aromatic carbocycles. The van der Waals surface area contributed by atoms with Crippen LogP contribution >= 0.6 is 0 Å². The molecule has 0 unspecified atom stereocenters. The minimum absolute atomic E-state index is 0.394. The zero-order valence-corrected chi connectivity index (χ0v) is 9.21. The van der Waals surface area contributed by atoms with E-state index in [2.05, 4.69) is 13.8 Å². The van der Waals surface area contributed by atoms with Crippen LogP contribution in [0.25, 0.3) is 0 Å². The fourth-order valence-corrected chi connectivity index (χ4v) is 1.45. The molecule has 0 nitrogen and oxygen atoms in total. The molecular weight excluding hydrogens is 151 g/mol. The second-order valence-corrected chi connectivity index (χ2v) is 4.58. The smallest absolute Gasteiger partial charge is 0.108 e.